The topological polar surface area (TPSA) is 50.7 Å². The van der Waals surface area contributed by atoms with Crippen molar-refractivity contribution in [2.24, 2.45) is 0 Å². The molecule has 0 bridgehead atoms. The number of nitrogens with zero attached hydrogens (tertiary/aromatic N) is 3. The maximum Gasteiger partial charge on any atom is 0.164 e. The SMILES string of the molecule is Fc1ccc(CNc2nc(-c3cccnc3)nc3sc4c(c23)CCC4)cc1. The van der Waals surface area contributed by atoms with Crippen LogP contribution in [0.5, 0.6) is 0 Å². The molecular weight excluding hydrogens is 359 g/mol. The number of hydrogen-bond donors (Lipinski definition) is 1. The van der Waals surface area contributed by atoms with Crippen LogP contribution in [0.2, 0.25) is 0 Å². The lowest BCUT2D eigenvalue weighted by Crippen LogP contribution is -2.04. The largest absolute Gasteiger partial charge is 0.365 e. The summed E-state index contributed by atoms with van der Waals surface area (Å²) in [5.41, 5.74) is 3.30. The highest BCUT2D eigenvalue weighted by Crippen LogP contribution is 2.40. The molecule has 3 heterocycles. The van der Waals surface area contributed by atoms with Crippen LogP contribution in [0.4, 0.5) is 10.2 Å². The smallest absolute Gasteiger partial charge is 0.164 e. The first-order chi connectivity index (χ1) is 13.3. The molecule has 1 aliphatic carbocycles. The lowest BCUT2D eigenvalue weighted by molar-refractivity contribution is 0.627. The van der Waals surface area contributed by atoms with E-state index in [0.717, 1.165) is 40.0 Å². The summed E-state index contributed by atoms with van der Waals surface area (Å²) in [5, 5.41) is 4.60. The molecule has 0 fully saturated rings. The zero-order valence-electron chi connectivity index (χ0n) is 14.6. The molecular formula is C21H17FN4S. The molecule has 27 heavy (non-hydrogen) atoms. The van der Waals surface area contributed by atoms with Gasteiger partial charge in [0, 0.05) is 29.4 Å². The van der Waals surface area contributed by atoms with Crippen LogP contribution in [0.1, 0.15) is 22.4 Å². The van der Waals surface area contributed by atoms with Gasteiger partial charge >= 0.3 is 0 Å². The molecule has 1 aromatic carbocycles. The summed E-state index contributed by atoms with van der Waals surface area (Å²) in [5.74, 6) is 1.30. The molecule has 5 rings (SSSR count). The van der Waals surface area contributed by atoms with Gasteiger partial charge in [0.2, 0.25) is 0 Å². The van der Waals surface area contributed by atoms with E-state index in [-0.39, 0.29) is 5.82 Å². The van der Waals surface area contributed by atoms with Gasteiger partial charge in [0.05, 0.1) is 5.39 Å². The molecule has 0 unspecified atom stereocenters. The lowest BCUT2D eigenvalue weighted by atomic mass is 10.1. The molecule has 134 valence electrons. The molecule has 1 aliphatic rings. The van der Waals surface area contributed by atoms with Crippen molar-refractivity contribution in [2.75, 3.05) is 5.32 Å². The summed E-state index contributed by atoms with van der Waals surface area (Å²) in [6.07, 6.45) is 6.92. The van der Waals surface area contributed by atoms with Crippen molar-refractivity contribution in [1.82, 2.24) is 15.0 Å². The monoisotopic (exact) mass is 376 g/mol. The first-order valence-corrected chi connectivity index (χ1v) is 9.80. The number of anilines is 1. The Morgan fingerprint density at radius 3 is 2.78 bits per heavy atom. The highest BCUT2D eigenvalue weighted by Gasteiger charge is 2.22. The first-order valence-electron chi connectivity index (χ1n) is 8.99. The van der Waals surface area contributed by atoms with E-state index in [1.165, 1.54) is 29.0 Å². The average Bonchev–Trinajstić information content (AvgIpc) is 3.29. The Balaban J connectivity index is 1.58. The van der Waals surface area contributed by atoms with Gasteiger partial charge in [-0.25, -0.2) is 14.4 Å². The van der Waals surface area contributed by atoms with E-state index in [1.807, 2.05) is 12.1 Å². The van der Waals surface area contributed by atoms with Crippen LogP contribution in [0.3, 0.4) is 0 Å². The molecule has 4 aromatic rings. The summed E-state index contributed by atoms with van der Waals surface area (Å²) in [7, 11) is 0. The highest BCUT2D eigenvalue weighted by atomic mass is 32.1. The lowest BCUT2D eigenvalue weighted by Gasteiger charge is -2.10. The van der Waals surface area contributed by atoms with E-state index >= 15 is 0 Å². The maximum atomic E-state index is 13.2. The summed E-state index contributed by atoms with van der Waals surface area (Å²) < 4.78 is 13.2. The third-order valence-electron chi connectivity index (χ3n) is 4.86. The Kier molecular flexibility index (Phi) is 4.05. The van der Waals surface area contributed by atoms with Crippen molar-refractivity contribution >= 4 is 27.4 Å². The predicted octanol–water partition coefficient (Wildman–Crippen LogP) is 4.99. The Morgan fingerprint density at radius 1 is 1.07 bits per heavy atom. The van der Waals surface area contributed by atoms with Gasteiger partial charge in [0.1, 0.15) is 16.5 Å². The molecule has 0 amide bonds. The van der Waals surface area contributed by atoms with Crippen LogP contribution in [-0.4, -0.2) is 15.0 Å². The van der Waals surface area contributed by atoms with Crippen molar-refractivity contribution in [3.05, 3.63) is 70.6 Å². The molecule has 0 atom stereocenters. The minimum Gasteiger partial charge on any atom is -0.365 e. The van der Waals surface area contributed by atoms with E-state index in [9.17, 15) is 4.39 Å². The summed E-state index contributed by atoms with van der Waals surface area (Å²) >= 11 is 1.77. The first kappa shape index (κ1) is 16.3. The summed E-state index contributed by atoms with van der Waals surface area (Å²) in [6.45, 7) is 0.587. The second kappa shape index (κ2) is 6.70. The number of thiophene rings is 1. The van der Waals surface area contributed by atoms with E-state index in [2.05, 4.69) is 10.3 Å². The van der Waals surface area contributed by atoms with Gasteiger partial charge in [-0.3, -0.25) is 4.98 Å². The molecule has 0 saturated carbocycles. The molecule has 0 saturated heterocycles. The summed E-state index contributed by atoms with van der Waals surface area (Å²) in [4.78, 5) is 16.3. The average molecular weight is 376 g/mol. The third kappa shape index (κ3) is 3.06. The van der Waals surface area contributed by atoms with Gasteiger partial charge in [0.15, 0.2) is 5.82 Å². The number of aromatic nitrogens is 3. The number of hydrogen-bond acceptors (Lipinski definition) is 5. The molecule has 4 nitrogen and oxygen atoms in total. The second-order valence-corrected chi connectivity index (χ2v) is 7.74. The van der Waals surface area contributed by atoms with Crippen LogP contribution < -0.4 is 5.32 Å². The second-order valence-electron chi connectivity index (χ2n) is 6.66. The van der Waals surface area contributed by atoms with E-state index < -0.39 is 0 Å². The van der Waals surface area contributed by atoms with E-state index in [0.29, 0.717) is 12.4 Å². The minimum atomic E-state index is -0.224. The van der Waals surface area contributed by atoms with Gasteiger partial charge < -0.3 is 5.32 Å². The molecule has 3 aromatic heterocycles. The Morgan fingerprint density at radius 2 is 1.96 bits per heavy atom. The molecule has 0 spiro atoms. The minimum absolute atomic E-state index is 0.224. The quantitative estimate of drug-likeness (QED) is 0.545. The van der Waals surface area contributed by atoms with Crippen LogP contribution >= 0.6 is 11.3 Å². The number of benzene rings is 1. The number of fused-ring (bicyclic) bond motifs is 3. The molecule has 0 radical (unpaired) electrons. The maximum absolute atomic E-state index is 13.2. The summed E-state index contributed by atoms with van der Waals surface area (Å²) in [6, 6.07) is 10.4. The highest BCUT2D eigenvalue weighted by molar-refractivity contribution is 7.19. The molecule has 0 aliphatic heterocycles. The van der Waals surface area contributed by atoms with Gasteiger partial charge in [-0.1, -0.05) is 12.1 Å². The van der Waals surface area contributed by atoms with E-state index in [1.54, 1.807) is 35.9 Å². The Hall–Kier alpha value is -2.86. The predicted molar refractivity (Wildman–Crippen MR) is 106 cm³/mol. The Labute approximate surface area is 160 Å². The molecule has 1 N–H and O–H groups in total. The van der Waals surface area contributed by atoms with E-state index in [4.69, 9.17) is 9.97 Å². The Bertz CT molecular complexity index is 1110. The molecule has 6 heteroatoms. The van der Waals surface area contributed by atoms with Crippen LogP contribution in [0, 0.1) is 5.82 Å². The number of nitrogens with one attached hydrogen (secondary N) is 1. The van der Waals surface area contributed by atoms with Crippen molar-refractivity contribution in [3.8, 4) is 11.4 Å². The fraction of sp³-hybridized carbons (Fsp3) is 0.190. The third-order valence-corrected chi connectivity index (χ3v) is 6.04. The normalized spacial score (nSPS) is 13.1. The number of rotatable bonds is 4. The van der Waals surface area contributed by atoms with Gasteiger partial charge in [-0.2, -0.15) is 0 Å². The van der Waals surface area contributed by atoms with Gasteiger partial charge in [-0.05, 0) is 54.7 Å². The van der Waals surface area contributed by atoms with Crippen LogP contribution in [0.25, 0.3) is 21.6 Å². The number of aryl methyl sites for hydroxylation is 2. The number of halogens is 1. The van der Waals surface area contributed by atoms with Gasteiger partial charge in [-0.15, -0.1) is 11.3 Å². The van der Waals surface area contributed by atoms with Crippen molar-refractivity contribution < 1.29 is 4.39 Å². The zero-order valence-corrected chi connectivity index (χ0v) is 15.4. The zero-order chi connectivity index (χ0) is 18.2. The van der Waals surface area contributed by atoms with Crippen molar-refractivity contribution in [2.45, 2.75) is 25.8 Å². The van der Waals surface area contributed by atoms with Crippen LogP contribution in [-0.2, 0) is 19.4 Å². The number of pyridine rings is 1. The van der Waals surface area contributed by atoms with Crippen molar-refractivity contribution in [1.29, 1.82) is 0 Å². The van der Waals surface area contributed by atoms with Crippen molar-refractivity contribution in [3.63, 3.8) is 0 Å². The van der Waals surface area contributed by atoms with Crippen LogP contribution in [0.15, 0.2) is 48.8 Å². The standard InChI is InChI=1S/C21H17FN4S/c22-15-8-6-13(7-9-15)11-24-20-18-16-4-1-5-17(16)27-21(18)26-19(25-20)14-3-2-10-23-12-14/h2-3,6-10,12H,1,4-5,11H2,(H,24,25,26). The fourth-order valence-electron chi connectivity index (χ4n) is 3.54. The van der Waals surface area contributed by atoms with Gasteiger partial charge in [0.25, 0.3) is 0 Å². The fourth-order valence-corrected chi connectivity index (χ4v) is 4.80.